The molecule has 3 atom stereocenters. The second-order valence-corrected chi connectivity index (χ2v) is 13.3. The molecule has 1 saturated carbocycles. The number of sulfone groups is 1. The molecule has 1 amide bonds. The summed E-state index contributed by atoms with van der Waals surface area (Å²) in [6.45, 7) is 9.62. The van der Waals surface area contributed by atoms with Gasteiger partial charge in [0, 0.05) is 30.6 Å². The Morgan fingerprint density at radius 2 is 1.78 bits per heavy atom. The average molecular weight is 535 g/mol. The Hall–Kier alpha value is -2.14. The minimum Gasteiger partial charge on any atom is -0.444 e. The van der Waals surface area contributed by atoms with Gasteiger partial charge in [0.2, 0.25) is 0 Å². The summed E-state index contributed by atoms with van der Waals surface area (Å²) in [6, 6.07) is 0.0247. The van der Waals surface area contributed by atoms with E-state index in [1.807, 2.05) is 0 Å². The van der Waals surface area contributed by atoms with Crippen LogP contribution < -0.4 is 10.6 Å². The van der Waals surface area contributed by atoms with Crippen LogP contribution in [-0.4, -0.2) is 55.5 Å². The highest BCUT2D eigenvalue weighted by molar-refractivity contribution is 7.91. The Balaban J connectivity index is 2.06. The van der Waals surface area contributed by atoms with Crippen molar-refractivity contribution in [2.45, 2.75) is 90.2 Å². The van der Waals surface area contributed by atoms with Gasteiger partial charge in [-0.05, 0) is 72.8 Å². The molecule has 0 spiro atoms. The number of nitrogens with one attached hydrogen (secondary N) is 2. The molecule has 0 bridgehead atoms. The molecule has 2 rings (SSSR count). The van der Waals surface area contributed by atoms with Gasteiger partial charge >= 0.3 is 6.09 Å². The van der Waals surface area contributed by atoms with Gasteiger partial charge < -0.3 is 15.4 Å². The summed E-state index contributed by atoms with van der Waals surface area (Å²) in [5, 5.41) is 5.43. The molecule has 1 aliphatic rings. The van der Waals surface area contributed by atoms with Gasteiger partial charge in [-0.15, -0.1) is 0 Å². The predicted octanol–water partition coefficient (Wildman–Crippen LogP) is 4.46. The van der Waals surface area contributed by atoms with E-state index in [1.54, 1.807) is 34.6 Å². The third-order valence-corrected chi connectivity index (χ3v) is 8.63. The highest BCUT2D eigenvalue weighted by Gasteiger charge is 2.35. The van der Waals surface area contributed by atoms with Crippen molar-refractivity contribution in [3.05, 3.63) is 34.6 Å². The fourth-order valence-electron chi connectivity index (χ4n) is 4.25. The molecule has 1 fully saturated rings. The topological polar surface area (TPSA) is 102 Å². The van der Waals surface area contributed by atoms with Crippen molar-refractivity contribution in [2.24, 2.45) is 5.92 Å². The zero-order valence-corrected chi connectivity index (χ0v) is 22.5. The first-order valence-electron chi connectivity index (χ1n) is 12.1. The van der Waals surface area contributed by atoms with E-state index in [2.05, 4.69) is 10.6 Å². The number of Topliss-reactive ketones (excluding diaryl/α,β-unsaturated/α-hetero) is 1. The van der Waals surface area contributed by atoms with E-state index in [4.69, 9.17) is 4.74 Å². The van der Waals surface area contributed by atoms with E-state index in [0.29, 0.717) is 25.3 Å². The van der Waals surface area contributed by atoms with Crippen LogP contribution in [0.4, 0.5) is 18.0 Å². The van der Waals surface area contributed by atoms with Crippen LogP contribution >= 0.6 is 0 Å². The van der Waals surface area contributed by atoms with Crippen molar-refractivity contribution in [1.82, 2.24) is 10.6 Å². The number of carbonyl (C=O) groups is 2. The van der Waals surface area contributed by atoms with Gasteiger partial charge in [0.1, 0.15) is 11.4 Å². The zero-order valence-electron chi connectivity index (χ0n) is 21.7. The van der Waals surface area contributed by atoms with Crippen LogP contribution in [0.1, 0.15) is 76.2 Å². The lowest BCUT2D eigenvalue weighted by Crippen LogP contribution is -2.50. The molecule has 1 aromatic carbocycles. The van der Waals surface area contributed by atoms with Crippen molar-refractivity contribution in [3.8, 4) is 0 Å². The first kappa shape index (κ1) is 30.1. The van der Waals surface area contributed by atoms with E-state index in [9.17, 15) is 31.2 Å². The maximum Gasteiger partial charge on any atom is 0.407 e. The molecule has 1 aliphatic carbocycles. The molecule has 0 aliphatic heterocycles. The van der Waals surface area contributed by atoms with E-state index in [1.165, 1.54) is 0 Å². The third kappa shape index (κ3) is 8.19. The molecule has 0 radical (unpaired) electrons. The van der Waals surface area contributed by atoms with Crippen molar-refractivity contribution in [2.75, 3.05) is 12.3 Å². The van der Waals surface area contributed by atoms with E-state index in [0.717, 1.165) is 6.92 Å². The second-order valence-electron chi connectivity index (χ2n) is 10.7. The van der Waals surface area contributed by atoms with Crippen molar-refractivity contribution in [3.63, 3.8) is 0 Å². The normalized spacial score (nSPS) is 20.9. The molecule has 0 heterocycles. The van der Waals surface area contributed by atoms with Gasteiger partial charge in [0.25, 0.3) is 0 Å². The minimum absolute atomic E-state index is 0.0974. The molecule has 2 N–H and O–H groups in total. The van der Waals surface area contributed by atoms with Gasteiger partial charge in [-0.25, -0.2) is 26.4 Å². The highest BCUT2D eigenvalue weighted by Crippen LogP contribution is 2.28. The lowest BCUT2D eigenvalue weighted by Gasteiger charge is -2.37. The van der Waals surface area contributed by atoms with Gasteiger partial charge in [0.15, 0.2) is 27.3 Å². The SMILES string of the molecule is Cc1c(F)c(F)cc(C(=O)CCNC2CCC(NC(=O)OC(C)(C)C)CC2CS(=O)(=O)C(C)C)c1F. The lowest BCUT2D eigenvalue weighted by molar-refractivity contribution is 0.0479. The summed E-state index contributed by atoms with van der Waals surface area (Å²) < 4.78 is 72.1. The number of ketones is 1. The van der Waals surface area contributed by atoms with Gasteiger partial charge in [-0.3, -0.25) is 4.79 Å². The van der Waals surface area contributed by atoms with Gasteiger partial charge in [-0.2, -0.15) is 0 Å². The summed E-state index contributed by atoms with van der Waals surface area (Å²) in [6.07, 6.45) is 0.750. The quantitative estimate of drug-likeness (QED) is 0.358. The van der Waals surface area contributed by atoms with Crippen LogP contribution in [0.2, 0.25) is 0 Å². The Morgan fingerprint density at radius 3 is 2.36 bits per heavy atom. The van der Waals surface area contributed by atoms with Crippen molar-refractivity contribution in [1.29, 1.82) is 0 Å². The molecular weight excluding hydrogens is 497 g/mol. The maximum absolute atomic E-state index is 14.3. The van der Waals surface area contributed by atoms with E-state index < -0.39 is 61.1 Å². The number of hydrogen-bond donors (Lipinski definition) is 2. The highest BCUT2D eigenvalue weighted by atomic mass is 32.2. The van der Waals surface area contributed by atoms with E-state index in [-0.39, 0.29) is 36.7 Å². The number of hydrogen-bond acceptors (Lipinski definition) is 6. The van der Waals surface area contributed by atoms with Crippen LogP contribution in [0.5, 0.6) is 0 Å². The van der Waals surface area contributed by atoms with Crippen LogP contribution in [0.3, 0.4) is 0 Å². The van der Waals surface area contributed by atoms with Crippen molar-refractivity contribution < 1.29 is 35.9 Å². The molecule has 1 aromatic rings. The number of benzene rings is 1. The van der Waals surface area contributed by atoms with Crippen LogP contribution in [0.25, 0.3) is 0 Å². The summed E-state index contributed by atoms with van der Waals surface area (Å²) in [5.74, 6) is -4.83. The summed E-state index contributed by atoms with van der Waals surface area (Å²) in [4.78, 5) is 24.7. The van der Waals surface area contributed by atoms with Crippen LogP contribution in [0, 0.1) is 30.3 Å². The van der Waals surface area contributed by atoms with Crippen molar-refractivity contribution >= 4 is 21.7 Å². The minimum atomic E-state index is -3.39. The standard InChI is InChI=1S/C25H37F3N2O5S/c1-14(2)36(33,34)13-16-11-17(30-24(32)35-25(4,5)6)7-8-20(16)29-10-9-21(31)18-12-19(26)23(28)15(3)22(18)27/h12,14,16-17,20,29H,7-11,13H2,1-6H3,(H,30,32). The Bertz CT molecular complexity index is 1070. The predicted molar refractivity (Wildman–Crippen MR) is 131 cm³/mol. The number of amides is 1. The monoisotopic (exact) mass is 534 g/mol. The smallest absolute Gasteiger partial charge is 0.407 e. The van der Waals surface area contributed by atoms with Gasteiger partial charge in [0.05, 0.1) is 16.6 Å². The Morgan fingerprint density at radius 1 is 1.14 bits per heavy atom. The molecule has 3 unspecified atom stereocenters. The van der Waals surface area contributed by atoms with Gasteiger partial charge in [-0.1, -0.05) is 0 Å². The number of carbonyl (C=O) groups excluding carboxylic acids is 2. The third-order valence-electron chi connectivity index (χ3n) is 6.30. The zero-order chi connectivity index (χ0) is 27.4. The first-order valence-corrected chi connectivity index (χ1v) is 13.8. The summed E-state index contributed by atoms with van der Waals surface area (Å²) in [7, 11) is -3.39. The average Bonchev–Trinajstić information content (AvgIpc) is 2.74. The largest absolute Gasteiger partial charge is 0.444 e. The molecule has 0 saturated heterocycles. The van der Waals surface area contributed by atoms with E-state index >= 15 is 0 Å². The number of ether oxygens (including phenoxy) is 1. The fourth-order valence-corrected chi connectivity index (χ4v) is 5.60. The Labute approximate surface area is 211 Å². The number of halogens is 3. The molecule has 7 nitrogen and oxygen atoms in total. The molecule has 11 heteroatoms. The molecule has 0 aromatic heterocycles. The lowest BCUT2D eigenvalue weighted by atomic mass is 9.82. The first-order chi connectivity index (χ1) is 16.5. The number of alkyl carbamates (subject to hydrolysis) is 1. The maximum atomic E-state index is 14.3. The number of rotatable bonds is 9. The molecule has 204 valence electrons. The second kappa shape index (κ2) is 11.9. The summed E-state index contributed by atoms with van der Waals surface area (Å²) >= 11 is 0. The molecular formula is C25H37F3N2O5S. The van der Waals surface area contributed by atoms with Crippen LogP contribution in [0.15, 0.2) is 6.07 Å². The van der Waals surface area contributed by atoms with Crippen LogP contribution in [-0.2, 0) is 14.6 Å². The fraction of sp³-hybridized carbons (Fsp3) is 0.680. The Kier molecular flexibility index (Phi) is 9.98. The summed E-state index contributed by atoms with van der Waals surface area (Å²) in [5.41, 5.74) is -1.74. The molecule has 36 heavy (non-hydrogen) atoms.